The second-order valence-electron chi connectivity index (χ2n) is 13.2. The number of rotatable bonds is 5. The molecule has 5 aliphatic rings. The van der Waals surface area contributed by atoms with Gasteiger partial charge in [0.1, 0.15) is 0 Å². The Morgan fingerprint density at radius 1 is 1.12 bits per heavy atom. The van der Waals surface area contributed by atoms with E-state index >= 15 is 4.39 Å². The molecule has 1 aromatic rings. The average Bonchev–Trinajstić information content (AvgIpc) is 3.34. The number of hydrogen-bond donors (Lipinski definition) is 2. The molecule has 4 fully saturated rings. The Hall–Kier alpha value is -3.21. The summed E-state index contributed by atoms with van der Waals surface area (Å²) in [5.74, 6) is -5.07. The van der Waals surface area contributed by atoms with Crippen LogP contribution in [0.15, 0.2) is 48.1 Å². The fourth-order valence-corrected chi connectivity index (χ4v) is 8.91. The largest absolute Gasteiger partial charge is 0.478 e. The van der Waals surface area contributed by atoms with Crippen LogP contribution in [-0.4, -0.2) is 69.6 Å². The first-order valence-corrected chi connectivity index (χ1v) is 14.3. The number of aliphatic hydroxyl groups excluding tert-OH is 1. The van der Waals surface area contributed by atoms with Crippen LogP contribution in [0.5, 0.6) is 0 Å². The van der Waals surface area contributed by atoms with E-state index in [4.69, 9.17) is 14.2 Å². The Balaban J connectivity index is 1.33. The number of halogens is 1. The number of hydrogen-bond acceptors (Lipinski definition) is 8. The first kappa shape index (κ1) is 28.9. The molecule has 1 saturated heterocycles. The Bertz CT molecular complexity index is 1460. The molecule has 10 heteroatoms. The molecule has 1 heterocycles. The van der Waals surface area contributed by atoms with Crippen LogP contribution in [-0.2, 0) is 23.8 Å². The van der Waals surface area contributed by atoms with Gasteiger partial charge in [-0.25, -0.2) is 14.0 Å². The number of esters is 1. The number of alkyl halides is 1. The number of carboxylic acids is 1. The highest BCUT2D eigenvalue weighted by Crippen LogP contribution is 2.72. The van der Waals surface area contributed by atoms with E-state index in [2.05, 4.69) is 0 Å². The molecule has 0 spiro atoms. The molecule has 3 saturated carbocycles. The number of fused-ring (bicyclic) bond motifs is 7. The monoisotopic (exact) mass is 582 g/mol. The average molecular weight is 583 g/mol. The van der Waals surface area contributed by atoms with E-state index in [1.165, 1.54) is 36.4 Å². The molecule has 4 aliphatic carbocycles. The van der Waals surface area contributed by atoms with E-state index in [1.807, 2.05) is 6.92 Å². The highest BCUT2D eigenvalue weighted by atomic mass is 19.1. The Morgan fingerprint density at radius 2 is 1.83 bits per heavy atom. The molecule has 42 heavy (non-hydrogen) atoms. The van der Waals surface area contributed by atoms with E-state index in [9.17, 15) is 29.4 Å². The number of aliphatic hydroxyl groups is 1. The van der Waals surface area contributed by atoms with Crippen molar-refractivity contribution in [1.82, 2.24) is 0 Å². The maximum absolute atomic E-state index is 17.5. The van der Waals surface area contributed by atoms with Gasteiger partial charge in [-0.1, -0.05) is 24.6 Å². The van der Waals surface area contributed by atoms with Crippen LogP contribution in [0.1, 0.15) is 74.1 Å². The highest BCUT2D eigenvalue weighted by Gasteiger charge is 2.80. The van der Waals surface area contributed by atoms with Crippen molar-refractivity contribution in [2.45, 2.75) is 82.6 Å². The summed E-state index contributed by atoms with van der Waals surface area (Å²) < 4.78 is 35.6. The van der Waals surface area contributed by atoms with Gasteiger partial charge in [-0.3, -0.25) is 9.59 Å². The van der Waals surface area contributed by atoms with Crippen LogP contribution in [0.3, 0.4) is 0 Å². The van der Waals surface area contributed by atoms with Crippen molar-refractivity contribution in [3.05, 3.63) is 59.2 Å². The van der Waals surface area contributed by atoms with E-state index in [1.54, 1.807) is 26.8 Å². The van der Waals surface area contributed by atoms with Gasteiger partial charge in [-0.2, -0.15) is 0 Å². The van der Waals surface area contributed by atoms with Gasteiger partial charge >= 0.3 is 11.9 Å². The van der Waals surface area contributed by atoms with Gasteiger partial charge in [0.25, 0.3) is 0 Å². The quantitative estimate of drug-likeness (QED) is 0.494. The van der Waals surface area contributed by atoms with Gasteiger partial charge in [-0.05, 0) is 82.7 Å². The summed E-state index contributed by atoms with van der Waals surface area (Å²) in [5.41, 5.74) is -5.42. The smallest absolute Gasteiger partial charge is 0.338 e. The summed E-state index contributed by atoms with van der Waals surface area (Å²) in [6, 6.07) is 5.30. The Kier molecular flexibility index (Phi) is 6.29. The molecule has 0 aromatic heterocycles. The molecule has 0 radical (unpaired) electrons. The van der Waals surface area contributed by atoms with Crippen molar-refractivity contribution in [2.24, 2.45) is 22.7 Å². The minimum Gasteiger partial charge on any atom is -0.478 e. The fraction of sp³-hybridized carbons (Fsp3) is 0.562. The molecular formula is C32H35FO9. The summed E-state index contributed by atoms with van der Waals surface area (Å²) in [7, 11) is 0. The lowest BCUT2D eigenvalue weighted by molar-refractivity contribution is -0.246. The third-order valence-electron chi connectivity index (χ3n) is 10.7. The van der Waals surface area contributed by atoms with E-state index < -0.39 is 76.3 Å². The van der Waals surface area contributed by atoms with Gasteiger partial charge < -0.3 is 24.4 Å². The van der Waals surface area contributed by atoms with Crippen molar-refractivity contribution in [3.63, 3.8) is 0 Å². The van der Waals surface area contributed by atoms with Crippen molar-refractivity contribution in [2.75, 3.05) is 6.61 Å². The van der Waals surface area contributed by atoms with E-state index in [0.29, 0.717) is 24.8 Å². The molecule has 2 N–H and O–H groups in total. The predicted octanol–water partition coefficient (Wildman–Crippen LogP) is 3.98. The Labute approximate surface area is 242 Å². The van der Waals surface area contributed by atoms with Crippen LogP contribution in [0.2, 0.25) is 0 Å². The standard InChI is InChI=1S/C32H35FO9/c1-28(2)41-25-14-22-21-9-8-19-13-20(34)10-11-29(19,3)31(21,33)23(35)15-30(22,4)32(25,42-28)24(36)16-40-27(39)18-7-5-6-17(12-18)26(37)38/h5-7,10-13,21-23,25,35H,8-9,14-16H2,1-4H3,(H,37,38)/t21-,22-,23-,25+,29-,30-,31-,32+/m0/s1. The maximum atomic E-state index is 17.5. The number of carboxylic acid groups (broad SMARTS) is 1. The fourth-order valence-electron chi connectivity index (χ4n) is 8.91. The first-order chi connectivity index (χ1) is 19.6. The van der Waals surface area contributed by atoms with Gasteiger partial charge in [-0.15, -0.1) is 0 Å². The Morgan fingerprint density at radius 3 is 2.55 bits per heavy atom. The van der Waals surface area contributed by atoms with Crippen LogP contribution in [0.25, 0.3) is 0 Å². The topological polar surface area (TPSA) is 136 Å². The first-order valence-electron chi connectivity index (χ1n) is 14.3. The van der Waals surface area contributed by atoms with Crippen LogP contribution >= 0.6 is 0 Å². The summed E-state index contributed by atoms with van der Waals surface area (Å²) in [6.45, 7) is 6.25. The zero-order valence-corrected chi connectivity index (χ0v) is 24.0. The molecule has 0 bridgehead atoms. The second-order valence-corrected chi connectivity index (χ2v) is 13.2. The van der Waals surface area contributed by atoms with Gasteiger partial charge in [0.2, 0.25) is 5.78 Å². The van der Waals surface area contributed by atoms with Gasteiger partial charge in [0.15, 0.2) is 29.4 Å². The maximum Gasteiger partial charge on any atom is 0.338 e. The molecular weight excluding hydrogens is 547 g/mol. The summed E-state index contributed by atoms with van der Waals surface area (Å²) >= 11 is 0. The summed E-state index contributed by atoms with van der Waals surface area (Å²) in [6.07, 6.45) is 3.22. The third kappa shape index (κ3) is 3.70. The number of carbonyl (C=O) groups excluding carboxylic acids is 3. The normalized spacial score (nSPS) is 41.2. The SMILES string of the molecule is CC1(C)O[C@@H]2C[C@H]3[C@@H]4CCC5=CC(=O)C=C[C@]5(C)[C@@]4(F)[C@@H](O)C[C@]3(C)[C@]2(C(=O)COC(=O)c2cccc(C(=O)O)c2)O1. The lowest BCUT2D eigenvalue weighted by Gasteiger charge is -2.62. The molecule has 0 amide bonds. The van der Waals surface area contributed by atoms with Crippen LogP contribution in [0, 0.1) is 22.7 Å². The van der Waals surface area contributed by atoms with Crippen LogP contribution < -0.4 is 0 Å². The molecule has 224 valence electrons. The summed E-state index contributed by atoms with van der Waals surface area (Å²) in [4.78, 5) is 50.4. The minimum absolute atomic E-state index is 0.0233. The zero-order chi connectivity index (χ0) is 30.5. The molecule has 1 aromatic carbocycles. The number of aromatic carboxylic acids is 1. The second kappa shape index (κ2) is 9.14. The predicted molar refractivity (Wildman–Crippen MR) is 145 cm³/mol. The number of ether oxygens (including phenoxy) is 3. The van der Waals surface area contributed by atoms with Crippen molar-refractivity contribution in [1.29, 1.82) is 0 Å². The van der Waals surface area contributed by atoms with E-state index in [0.717, 1.165) is 0 Å². The molecule has 6 rings (SSSR count). The third-order valence-corrected chi connectivity index (χ3v) is 10.7. The minimum atomic E-state index is -2.08. The molecule has 9 nitrogen and oxygen atoms in total. The number of ketones is 2. The number of Topliss-reactive ketones (excluding diaryl/α,β-unsaturated/α-hetero) is 1. The number of allylic oxidation sites excluding steroid dienone is 4. The highest BCUT2D eigenvalue weighted by molar-refractivity contribution is 6.01. The molecule has 0 unspecified atom stereocenters. The summed E-state index contributed by atoms with van der Waals surface area (Å²) in [5, 5.41) is 20.9. The van der Waals surface area contributed by atoms with Crippen molar-refractivity contribution in [3.8, 4) is 0 Å². The zero-order valence-electron chi connectivity index (χ0n) is 24.0. The van der Waals surface area contributed by atoms with Gasteiger partial charge in [0.05, 0.1) is 23.3 Å². The van der Waals surface area contributed by atoms with Gasteiger partial charge in [0, 0.05) is 16.7 Å². The molecule has 1 aliphatic heterocycles. The lowest BCUT2D eigenvalue weighted by Crippen LogP contribution is -2.70. The van der Waals surface area contributed by atoms with Crippen molar-refractivity contribution >= 4 is 23.5 Å². The van der Waals surface area contributed by atoms with Crippen LogP contribution in [0.4, 0.5) is 4.39 Å². The lowest BCUT2D eigenvalue weighted by atomic mass is 9.44. The number of carbonyl (C=O) groups is 4. The number of benzene rings is 1. The van der Waals surface area contributed by atoms with Crippen molar-refractivity contribution < 1.29 is 48.0 Å². The molecule has 8 atom stereocenters. The van der Waals surface area contributed by atoms with E-state index in [-0.39, 0.29) is 23.3 Å².